The fourth-order valence-electron chi connectivity index (χ4n) is 1.87. The van der Waals surface area contributed by atoms with Crippen molar-refractivity contribution in [2.45, 2.75) is 26.9 Å². The molecule has 1 aromatic carbocycles. The van der Waals surface area contributed by atoms with E-state index < -0.39 is 12.1 Å². The number of amides is 1. The Balaban J connectivity index is 2.77. The van der Waals surface area contributed by atoms with Gasteiger partial charge in [0.05, 0.1) is 5.02 Å². The first-order chi connectivity index (χ1) is 9.81. The molecule has 0 aromatic heterocycles. The van der Waals surface area contributed by atoms with Crippen molar-refractivity contribution in [1.82, 2.24) is 4.90 Å². The topological polar surface area (TPSA) is 66.8 Å². The number of rotatable bonds is 7. The van der Waals surface area contributed by atoms with E-state index in [9.17, 15) is 9.59 Å². The van der Waals surface area contributed by atoms with Gasteiger partial charge in [-0.2, -0.15) is 0 Å². The summed E-state index contributed by atoms with van der Waals surface area (Å²) in [6, 6.07) is 6.84. The lowest BCUT2D eigenvalue weighted by Crippen LogP contribution is -2.44. The second-order valence-corrected chi connectivity index (χ2v) is 5.60. The van der Waals surface area contributed by atoms with E-state index in [0.29, 0.717) is 17.3 Å². The first-order valence-corrected chi connectivity index (χ1v) is 7.10. The van der Waals surface area contributed by atoms with Crippen LogP contribution in [0.15, 0.2) is 24.3 Å². The molecule has 0 aliphatic heterocycles. The highest BCUT2D eigenvalue weighted by molar-refractivity contribution is 6.32. The van der Waals surface area contributed by atoms with Gasteiger partial charge in [0, 0.05) is 6.54 Å². The van der Waals surface area contributed by atoms with Gasteiger partial charge in [0.2, 0.25) is 0 Å². The van der Waals surface area contributed by atoms with Gasteiger partial charge >= 0.3 is 5.97 Å². The molecule has 5 nitrogen and oxygen atoms in total. The lowest BCUT2D eigenvalue weighted by molar-refractivity contribution is -0.147. The molecule has 0 radical (unpaired) electrons. The van der Waals surface area contributed by atoms with E-state index in [-0.39, 0.29) is 18.4 Å². The molecule has 6 heteroatoms. The van der Waals surface area contributed by atoms with E-state index in [1.807, 2.05) is 13.8 Å². The van der Waals surface area contributed by atoms with Crippen LogP contribution in [0.3, 0.4) is 0 Å². The zero-order chi connectivity index (χ0) is 16.0. The molecule has 0 fully saturated rings. The van der Waals surface area contributed by atoms with E-state index in [4.69, 9.17) is 21.4 Å². The molecule has 0 heterocycles. The van der Waals surface area contributed by atoms with Crippen LogP contribution < -0.4 is 4.74 Å². The van der Waals surface area contributed by atoms with Crippen LogP contribution >= 0.6 is 11.6 Å². The van der Waals surface area contributed by atoms with Crippen LogP contribution in [0, 0.1) is 5.92 Å². The van der Waals surface area contributed by atoms with Gasteiger partial charge in [0.15, 0.2) is 6.10 Å². The second kappa shape index (κ2) is 7.88. The Morgan fingerprint density at radius 1 is 1.29 bits per heavy atom. The van der Waals surface area contributed by atoms with Gasteiger partial charge in [-0.15, -0.1) is 0 Å². The van der Waals surface area contributed by atoms with Crippen LogP contribution in [0.2, 0.25) is 5.02 Å². The summed E-state index contributed by atoms with van der Waals surface area (Å²) in [6.07, 6.45) is -0.803. The van der Waals surface area contributed by atoms with Crippen molar-refractivity contribution in [2.24, 2.45) is 5.92 Å². The lowest BCUT2D eigenvalue weighted by atomic mass is 10.2. The van der Waals surface area contributed by atoms with Crippen LogP contribution in [0.1, 0.15) is 20.8 Å². The first-order valence-electron chi connectivity index (χ1n) is 6.73. The summed E-state index contributed by atoms with van der Waals surface area (Å²) in [6.45, 7) is 5.44. The minimum absolute atomic E-state index is 0.167. The van der Waals surface area contributed by atoms with Crippen molar-refractivity contribution >= 4 is 23.5 Å². The smallest absolute Gasteiger partial charge is 0.323 e. The van der Waals surface area contributed by atoms with Crippen molar-refractivity contribution < 1.29 is 19.4 Å². The highest BCUT2D eigenvalue weighted by Gasteiger charge is 2.25. The number of carboxylic acids is 1. The van der Waals surface area contributed by atoms with Crippen LogP contribution in [-0.4, -0.2) is 41.1 Å². The Kier molecular flexibility index (Phi) is 6.49. The summed E-state index contributed by atoms with van der Waals surface area (Å²) in [4.78, 5) is 24.5. The summed E-state index contributed by atoms with van der Waals surface area (Å²) in [5.41, 5.74) is 0. The van der Waals surface area contributed by atoms with Crippen LogP contribution in [0.25, 0.3) is 0 Å². The molecule has 1 aromatic rings. The Hall–Kier alpha value is -1.75. The highest BCUT2D eigenvalue weighted by atomic mass is 35.5. The van der Waals surface area contributed by atoms with Gasteiger partial charge in [-0.3, -0.25) is 9.59 Å². The predicted molar refractivity (Wildman–Crippen MR) is 80.6 cm³/mol. The zero-order valence-corrected chi connectivity index (χ0v) is 13.1. The molecule has 1 N–H and O–H groups in total. The van der Waals surface area contributed by atoms with Gasteiger partial charge in [-0.25, -0.2) is 0 Å². The monoisotopic (exact) mass is 313 g/mol. The maximum absolute atomic E-state index is 12.3. The molecule has 1 unspecified atom stereocenters. The van der Waals surface area contributed by atoms with E-state index in [2.05, 4.69) is 0 Å². The molecule has 0 spiro atoms. The number of ether oxygens (including phenoxy) is 1. The number of hydrogen-bond acceptors (Lipinski definition) is 3. The van der Waals surface area contributed by atoms with Crippen molar-refractivity contribution in [2.75, 3.05) is 13.1 Å². The molecule has 0 saturated carbocycles. The number of carbonyl (C=O) groups is 2. The third-order valence-electron chi connectivity index (χ3n) is 2.71. The van der Waals surface area contributed by atoms with Gasteiger partial charge in [0.1, 0.15) is 12.3 Å². The molecule has 116 valence electrons. The second-order valence-electron chi connectivity index (χ2n) is 5.20. The molecule has 1 atom stereocenters. The van der Waals surface area contributed by atoms with Gasteiger partial charge in [-0.1, -0.05) is 37.6 Å². The Labute approximate surface area is 129 Å². The fraction of sp³-hybridized carbons (Fsp3) is 0.467. The summed E-state index contributed by atoms with van der Waals surface area (Å²) < 4.78 is 5.53. The quantitative estimate of drug-likeness (QED) is 0.840. The van der Waals surface area contributed by atoms with E-state index in [1.165, 1.54) is 4.90 Å². The maximum atomic E-state index is 12.3. The maximum Gasteiger partial charge on any atom is 0.323 e. The molecule has 1 amide bonds. The molecular formula is C15H20ClNO4. The fourth-order valence-corrected chi connectivity index (χ4v) is 2.06. The summed E-state index contributed by atoms with van der Waals surface area (Å²) in [5.74, 6) is -0.847. The van der Waals surface area contributed by atoms with E-state index in [1.54, 1.807) is 31.2 Å². The number of hydrogen-bond donors (Lipinski definition) is 1. The summed E-state index contributed by atoms with van der Waals surface area (Å²) in [5, 5.41) is 9.31. The summed E-state index contributed by atoms with van der Waals surface area (Å²) in [7, 11) is 0. The van der Waals surface area contributed by atoms with Gasteiger partial charge < -0.3 is 14.7 Å². The predicted octanol–water partition coefficient (Wildman–Crippen LogP) is 2.68. The standard InChI is InChI=1S/C15H20ClNO4/c1-10(2)8-17(9-14(18)19)15(20)11(3)21-13-7-5-4-6-12(13)16/h4-7,10-11H,8-9H2,1-3H3,(H,18,19). The Morgan fingerprint density at radius 2 is 1.90 bits per heavy atom. The van der Waals surface area contributed by atoms with Crippen molar-refractivity contribution in [1.29, 1.82) is 0 Å². The first kappa shape index (κ1) is 17.3. The molecule has 0 saturated heterocycles. The zero-order valence-electron chi connectivity index (χ0n) is 12.4. The van der Waals surface area contributed by atoms with Gasteiger partial charge in [-0.05, 0) is 25.0 Å². The summed E-state index contributed by atoms with van der Waals surface area (Å²) >= 11 is 5.98. The number of para-hydroxylation sites is 1. The molecular weight excluding hydrogens is 294 g/mol. The average Bonchev–Trinajstić information content (AvgIpc) is 2.38. The van der Waals surface area contributed by atoms with Gasteiger partial charge in [0.25, 0.3) is 5.91 Å². The van der Waals surface area contributed by atoms with Crippen LogP contribution in [0.4, 0.5) is 0 Å². The third-order valence-corrected chi connectivity index (χ3v) is 3.02. The Morgan fingerprint density at radius 3 is 2.43 bits per heavy atom. The van der Waals surface area contributed by atoms with Crippen molar-refractivity contribution in [3.8, 4) is 5.75 Å². The van der Waals surface area contributed by atoms with Crippen molar-refractivity contribution in [3.63, 3.8) is 0 Å². The van der Waals surface area contributed by atoms with Crippen molar-refractivity contribution in [3.05, 3.63) is 29.3 Å². The number of halogens is 1. The molecule has 0 aliphatic rings. The molecule has 1 rings (SSSR count). The normalized spacial score (nSPS) is 12.0. The third kappa shape index (κ3) is 5.63. The molecule has 0 aliphatic carbocycles. The average molecular weight is 314 g/mol. The highest BCUT2D eigenvalue weighted by Crippen LogP contribution is 2.24. The molecule has 21 heavy (non-hydrogen) atoms. The Bertz CT molecular complexity index is 504. The van der Waals surface area contributed by atoms with Crippen LogP contribution in [0.5, 0.6) is 5.75 Å². The SMILES string of the molecule is CC(C)CN(CC(=O)O)C(=O)C(C)Oc1ccccc1Cl. The number of carbonyl (C=O) groups excluding carboxylic acids is 1. The van der Waals surface area contributed by atoms with E-state index in [0.717, 1.165) is 0 Å². The lowest BCUT2D eigenvalue weighted by Gasteiger charge is -2.26. The number of benzene rings is 1. The number of nitrogens with zero attached hydrogens (tertiary/aromatic N) is 1. The largest absolute Gasteiger partial charge is 0.480 e. The van der Waals surface area contributed by atoms with E-state index >= 15 is 0 Å². The number of aliphatic carboxylic acids is 1. The van der Waals surface area contributed by atoms with Crippen LogP contribution in [-0.2, 0) is 9.59 Å². The number of carboxylic acid groups (broad SMARTS) is 1. The minimum Gasteiger partial charge on any atom is -0.480 e. The molecule has 0 bridgehead atoms. The minimum atomic E-state index is -1.05.